The van der Waals surface area contributed by atoms with Crippen LogP contribution in [0.1, 0.15) is 5.56 Å². The molecule has 0 aliphatic carbocycles. The smallest absolute Gasteiger partial charge is 0.225 e. The molecule has 8 heteroatoms. The minimum absolute atomic E-state index is 0.422. The predicted octanol–water partition coefficient (Wildman–Crippen LogP) is 6.03. The van der Waals surface area contributed by atoms with Crippen molar-refractivity contribution in [2.75, 3.05) is 17.6 Å². The lowest BCUT2D eigenvalue weighted by Crippen LogP contribution is -2.08. The Kier molecular flexibility index (Phi) is 5.86. The van der Waals surface area contributed by atoms with Crippen LogP contribution in [0, 0.1) is 0 Å². The van der Waals surface area contributed by atoms with Gasteiger partial charge in [0.15, 0.2) is 5.65 Å². The Morgan fingerprint density at radius 3 is 2.30 bits per heavy atom. The monoisotopic (exact) mass is 474 g/mol. The van der Waals surface area contributed by atoms with Crippen LogP contribution in [0.4, 0.5) is 11.8 Å². The lowest BCUT2D eigenvalue weighted by atomic mass is 10.1. The van der Waals surface area contributed by atoms with Gasteiger partial charge in [-0.05, 0) is 30.2 Å². The van der Waals surface area contributed by atoms with Gasteiger partial charge in [0, 0.05) is 12.1 Å². The summed E-state index contributed by atoms with van der Waals surface area (Å²) in [6.45, 7) is 0.687. The number of aromatic nitrogens is 4. The van der Waals surface area contributed by atoms with Crippen LogP contribution in [-0.2, 0) is 6.42 Å². The molecule has 0 unspecified atom stereocenters. The standard InChI is InChI=1S/C25H20Cl2N6/c26-19-12-11-18(15-20(19)27)33-23(28)21-22(17-9-5-2-6-10-17)30-25(31-24(21)32-33)29-14-13-16-7-3-1-4-8-16/h1-12,15H,13-14,28H2,(H,29,31,32). The molecule has 5 aromatic rings. The zero-order chi connectivity index (χ0) is 22.8. The van der Waals surface area contributed by atoms with Crippen LogP contribution in [0.5, 0.6) is 0 Å². The molecular weight excluding hydrogens is 455 g/mol. The van der Waals surface area contributed by atoms with E-state index in [1.54, 1.807) is 16.8 Å². The number of nitrogens with two attached hydrogens (primary N) is 1. The van der Waals surface area contributed by atoms with Crippen LogP contribution in [0.25, 0.3) is 28.0 Å². The first kappa shape index (κ1) is 21.2. The largest absolute Gasteiger partial charge is 0.383 e. The third-order valence-electron chi connectivity index (χ3n) is 5.30. The van der Waals surface area contributed by atoms with E-state index in [4.69, 9.17) is 33.9 Å². The Hall–Kier alpha value is -3.61. The third kappa shape index (κ3) is 4.35. The van der Waals surface area contributed by atoms with Crippen LogP contribution < -0.4 is 11.1 Å². The number of nitrogen functional groups attached to an aromatic ring is 1. The van der Waals surface area contributed by atoms with Crippen molar-refractivity contribution in [1.82, 2.24) is 19.7 Å². The quantitative estimate of drug-likeness (QED) is 0.314. The summed E-state index contributed by atoms with van der Waals surface area (Å²) in [6, 6.07) is 25.4. The molecule has 0 spiro atoms. The second kappa shape index (κ2) is 9.10. The van der Waals surface area contributed by atoms with Gasteiger partial charge in [-0.3, -0.25) is 0 Å². The van der Waals surface area contributed by atoms with Gasteiger partial charge in [0.2, 0.25) is 5.95 Å². The summed E-state index contributed by atoms with van der Waals surface area (Å²) in [7, 11) is 0. The first-order chi connectivity index (χ1) is 16.1. The number of rotatable bonds is 6. The number of fused-ring (bicyclic) bond motifs is 1. The zero-order valence-corrected chi connectivity index (χ0v) is 19.1. The molecule has 3 N–H and O–H groups in total. The van der Waals surface area contributed by atoms with E-state index in [0.717, 1.165) is 12.0 Å². The Morgan fingerprint density at radius 2 is 1.58 bits per heavy atom. The summed E-state index contributed by atoms with van der Waals surface area (Å²) >= 11 is 12.3. The third-order valence-corrected chi connectivity index (χ3v) is 6.04. The Bertz CT molecular complexity index is 1420. The number of nitrogens with zero attached hydrogens (tertiary/aromatic N) is 4. The highest BCUT2D eigenvalue weighted by molar-refractivity contribution is 6.42. The summed E-state index contributed by atoms with van der Waals surface area (Å²) in [4.78, 5) is 9.45. The molecule has 0 aliphatic heterocycles. The van der Waals surface area contributed by atoms with Gasteiger partial charge in [0.25, 0.3) is 0 Å². The maximum absolute atomic E-state index is 6.55. The van der Waals surface area contributed by atoms with Crippen molar-refractivity contribution in [3.05, 3.63) is 94.5 Å². The Labute approximate surface area is 201 Å². The minimum Gasteiger partial charge on any atom is -0.383 e. The fourth-order valence-corrected chi connectivity index (χ4v) is 3.96. The topological polar surface area (TPSA) is 81.7 Å². The van der Waals surface area contributed by atoms with Crippen molar-refractivity contribution < 1.29 is 0 Å². The molecule has 0 fully saturated rings. The average Bonchev–Trinajstić information content (AvgIpc) is 3.18. The summed E-state index contributed by atoms with van der Waals surface area (Å²) in [5.74, 6) is 0.925. The van der Waals surface area contributed by atoms with Gasteiger partial charge in [-0.2, -0.15) is 4.98 Å². The van der Waals surface area contributed by atoms with E-state index in [0.29, 0.717) is 50.8 Å². The van der Waals surface area contributed by atoms with Crippen molar-refractivity contribution in [3.8, 4) is 16.9 Å². The number of hydrogen-bond acceptors (Lipinski definition) is 5. The SMILES string of the molecule is Nc1c2c(-c3ccccc3)nc(NCCc3ccccc3)nc2nn1-c1ccc(Cl)c(Cl)c1. The fraction of sp³-hybridized carbons (Fsp3) is 0.0800. The molecule has 3 aromatic carbocycles. The van der Waals surface area contributed by atoms with Gasteiger partial charge in [-0.1, -0.05) is 83.9 Å². The van der Waals surface area contributed by atoms with E-state index in [1.165, 1.54) is 5.56 Å². The van der Waals surface area contributed by atoms with Gasteiger partial charge >= 0.3 is 0 Å². The van der Waals surface area contributed by atoms with Crippen LogP contribution >= 0.6 is 23.2 Å². The number of hydrogen-bond donors (Lipinski definition) is 2. The van der Waals surface area contributed by atoms with Crippen molar-refractivity contribution in [2.24, 2.45) is 0 Å². The van der Waals surface area contributed by atoms with Crippen LogP contribution in [0.2, 0.25) is 10.0 Å². The summed E-state index contributed by atoms with van der Waals surface area (Å²) < 4.78 is 1.61. The number of nitrogens with one attached hydrogen (secondary N) is 1. The van der Waals surface area contributed by atoms with Gasteiger partial charge in [-0.15, -0.1) is 5.10 Å². The molecule has 0 saturated carbocycles. The highest BCUT2D eigenvalue weighted by atomic mass is 35.5. The molecule has 0 atom stereocenters. The first-order valence-electron chi connectivity index (χ1n) is 10.4. The Balaban J connectivity index is 1.57. The summed E-state index contributed by atoms with van der Waals surface area (Å²) in [5.41, 5.74) is 10.6. The molecule has 5 rings (SSSR count). The second-order valence-corrected chi connectivity index (χ2v) is 8.33. The molecule has 2 aromatic heterocycles. The lowest BCUT2D eigenvalue weighted by Gasteiger charge is -2.09. The molecule has 33 heavy (non-hydrogen) atoms. The molecule has 0 bridgehead atoms. The molecule has 2 heterocycles. The van der Waals surface area contributed by atoms with E-state index in [-0.39, 0.29) is 0 Å². The van der Waals surface area contributed by atoms with Crippen molar-refractivity contribution in [2.45, 2.75) is 6.42 Å². The van der Waals surface area contributed by atoms with Crippen molar-refractivity contribution >= 4 is 46.0 Å². The predicted molar refractivity (Wildman–Crippen MR) is 135 cm³/mol. The summed E-state index contributed by atoms with van der Waals surface area (Å²) in [5, 5.41) is 9.56. The molecular formula is C25H20Cl2N6. The summed E-state index contributed by atoms with van der Waals surface area (Å²) in [6.07, 6.45) is 0.850. The van der Waals surface area contributed by atoms with Gasteiger partial charge in [-0.25, -0.2) is 9.67 Å². The molecule has 0 amide bonds. The van der Waals surface area contributed by atoms with Crippen LogP contribution in [0.3, 0.4) is 0 Å². The normalized spacial score (nSPS) is 11.1. The maximum Gasteiger partial charge on any atom is 0.225 e. The second-order valence-electron chi connectivity index (χ2n) is 7.52. The lowest BCUT2D eigenvalue weighted by molar-refractivity contribution is 0.898. The average molecular weight is 475 g/mol. The van der Waals surface area contributed by atoms with E-state index in [1.807, 2.05) is 54.6 Å². The number of anilines is 2. The molecule has 164 valence electrons. The minimum atomic E-state index is 0.422. The highest BCUT2D eigenvalue weighted by Crippen LogP contribution is 2.33. The zero-order valence-electron chi connectivity index (χ0n) is 17.5. The first-order valence-corrected chi connectivity index (χ1v) is 11.2. The number of halogens is 2. The van der Waals surface area contributed by atoms with Gasteiger partial charge in [0.05, 0.1) is 26.8 Å². The maximum atomic E-state index is 6.55. The van der Waals surface area contributed by atoms with E-state index in [2.05, 4.69) is 27.5 Å². The Morgan fingerprint density at radius 1 is 0.848 bits per heavy atom. The van der Waals surface area contributed by atoms with E-state index < -0.39 is 0 Å². The van der Waals surface area contributed by atoms with E-state index >= 15 is 0 Å². The molecule has 6 nitrogen and oxygen atoms in total. The van der Waals surface area contributed by atoms with Crippen LogP contribution in [0.15, 0.2) is 78.9 Å². The van der Waals surface area contributed by atoms with Gasteiger partial charge in [0.1, 0.15) is 5.82 Å². The molecule has 0 radical (unpaired) electrons. The molecule has 0 aliphatic rings. The molecule has 0 saturated heterocycles. The van der Waals surface area contributed by atoms with Gasteiger partial charge < -0.3 is 11.1 Å². The van der Waals surface area contributed by atoms with E-state index in [9.17, 15) is 0 Å². The fourth-order valence-electron chi connectivity index (χ4n) is 3.67. The van der Waals surface area contributed by atoms with Crippen molar-refractivity contribution in [3.63, 3.8) is 0 Å². The number of benzene rings is 3. The highest BCUT2D eigenvalue weighted by Gasteiger charge is 2.19. The van der Waals surface area contributed by atoms with Crippen molar-refractivity contribution in [1.29, 1.82) is 0 Å². The van der Waals surface area contributed by atoms with Crippen LogP contribution in [-0.4, -0.2) is 26.3 Å².